The van der Waals surface area contributed by atoms with Gasteiger partial charge in [0.2, 0.25) is 10.0 Å². The number of pyridine rings is 1. The fourth-order valence-electron chi connectivity index (χ4n) is 3.47. The van der Waals surface area contributed by atoms with Crippen molar-refractivity contribution in [3.8, 4) is 11.4 Å². The average Bonchev–Trinajstić information content (AvgIpc) is 3.28. The monoisotopic (exact) mass is 436 g/mol. The molecule has 1 N–H and O–H groups in total. The number of aryl methyl sites for hydroxylation is 1. The Kier molecular flexibility index (Phi) is 5.37. The molecular formula is C19H21ClN4O4S. The number of nitrogens with one attached hydrogen (secondary N) is 1. The summed E-state index contributed by atoms with van der Waals surface area (Å²) in [5, 5.41) is 5.80. The summed E-state index contributed by atoms with van der Waals surface area (Å²) in [6, 6.07) is 6.79. The van der Waals surface area contributed by atoms with Crippen molar-refractivity contribution in [1.29, 1.82) is 0 Å². The van der Waals surface area contributed by atoms with Crippen molar-refractivity contribution in [1.82, 2.24) is 14.8 Å². The minimum Gasteiger partial charge on any atom is -0.494 e. The van der Waals surface area contributed by atoms with E-state index in [1.165, 1.54) is 7.11 Å². The summed E-state index contributed by atoms with van der Waals surface area (Å²) in [4.78, 5) is 4.11. The highest BCUT2D eigenvalue weighted by atomic mass is 35.5. The summed E-state index contributed by atoms with van der Waals surface area (Å²) < 4.78 is 40.2. The van der Waals surface area contributed by atoms with Gasteiger partial charge in [-0.25, -0.2) is 18.1 Å². The number of aromatic nitrogens is 3. The lowest BCUT2D eigenvalue weighted by Gasteiger charge is -2.15. The Bertz CT molecular complexity index is 1160. The Morgan fingerprint density at radius 2 is 2.21 bits per heavy atom. The second-order valence-corrected chi connectivity index (χ2v) is 9.08. The molecule has 0 amide bonds. The van der Waals surface area contributed by atoms with Gasteiger partial charge in [0.15, 0.2) is 0 Å². The minimum absolute atomic E-state index is 0.0639. The third-order valence-electron chi connectivity index (χ3n) is 4.83. The van der Waals surface area contributed by atoms with Crippen LogP contribution in [0, 0.1) is 6.92 Å². The van der Waals surface area contributed by atoms with E-state index in [1.807, 2.05) is 6.92 Å². The number of sulfonamides is 1. The summed E-state index contributed by atoms with van der Waals surface area (Å²) in [6.45, 7) is 2.49. The maximum Gasteiger partial charge on any atom is 0.235 e. The number of methoxy groups -OCH3 is 1. The number of benzene rings is 1. The number of hydrogen-bond acceptors (Lipinski definition) is 6. The van der Waals surface area contributed by atoms with E-state index in [4.69, 9.17) is 21.1 Å². The van der Waals surface area contributed by atoms with Crippen LogP contribution in [0.4, 0.5) is 5.69 Å². The third kappa shape index (κ3) is 4.17. The van der Waals surface area contributed by atoms with Crippen LogP contribution in [0.2, 0.25) is 5.15 Å². The normalized spacial score (nSPS) is 17.0. The van der Waals surface area contributed by atoms with Crippen LogP contribution in [0.3, 0.4) is 0 Å². The Morgan fingerprint density at radius 1 is 1.38 bits per heavy atom. The fourth-order valence-corrected chi connectivity index (χ4v) is 4.95. The predicted molar refractivity (Wildman–Crippen MR) is 112 cm³/mol. The van der Waals surface area contributed by atoms with Crippen LogP contribution in [0.25, 0.3) is 16.6 Å². The van der Waals surface area contributed by atoms with Crippen molar-refractivity contribution in [3.05, 3.63) is 41.3 Å². The Hall–Kier alpha value is -2.36. The van der Waals surface area contributed by atoms with E-state index >= 15 is 0 Å². The lowest BCUT2D eigenvalue weighted by atomic mass is 10.2. The molecule has 154 valence electrons. The lowest BCUT2D eigenvalue weighted by Crippen LogP contribution is -2.25. The molecule has 4 rings (SSSR count). The van der Waals surface area contributed by atoms with E-state index in [2.05, 4.69) is 14.8 Å². The van der Waals surface area contributed by atoms with Crippen LogP contribution >= 0.6 is 11.6 Å². The number of halogens is 1. The quantitative estimate of drug-likeness (QED) is 0.595. The summed E-state index contributed by atoms with van der Waals surface area (Å²) in [6.07, 6.45) is 3.06. The SMILES string of the molecule is COc1cc(NS(=O)(=O)CC2CCCO2)ccc1-n1nc(C)c2cnc(Cl)cc21. The molecule has 3 heterocycles. The van der Waals surface area contributed by atoms with Crippen molar-refractivity contribution < 1.29 is 17.9 Å². The van der Waals surface area contributed by atoms with Crippen LogP contribution in [0.1, 0.15) is 18.5 Å². The van der Waals surface area contributed by atoms with E-state index in [0.717, 1.165) is 29.4 Å². The molecule has 1 unspecified atom stereocenters. The molecule has 1 atom stereocenters. The van der Waals surface area contributed by atoms with Gasteiger partial charge in [-0.05, 0) is 31.9 Å². The van der Waals surface area contributed by atoms with Crippen LogP contribution < -0.4 is 9.46 Å². The Morgan fingerprint density at radius 3 is 2.93 bits per heavy atom. The zero-order valence-electron chi connectivity index (χ0n) is 16.1. The van der Waals surface area contributed by atoms with Crippen LogP contribution in [0.5, 0.6) is 5.75 Å². The number of nitrogens with zero attached hydrogens (tertiary/aromatic N) is 3. The van der Waals surface area contributed by atoms with Gasteiger partial charge in [0.25, 0.3) is 0 Å². The number of rotatable bonds is 6. The van der Waals surface area contributed by atoms with E-state index in [9.17, 15) is 8.42 Å². The van der Waals surface area contributed by atoms with E-state index in [0.29, 0.717) is 28.9 Å². The number of anilines is 1. The molecule has 1 aliphatic heterocycles. The van der Waals surface area contributed by atoms with Crippen molar-refractivity contribution in [2.45, 2.75) is 25.9 Å². The highest BCUT2D eigenvalue weighted by Gasteiger charge is 2.24. The first-order chi connectivity index (χ1) is 13.9. The summed E-state index contributed by atoms with van der Waals surface area (Å²) in [5.41, 5.74) is 2.66. The van der Waals surface area contributed by atoms with Gasteiger partial charge in [0.1, 0.15) is 16.6 Å². The number of hydrogen-bond donors (Lipinski definition) is 1. The third-order valence-corrected chi connectivity index (χ3v) is 6.39. The maximum atomic E-state index is 12.5. The minimum atomic E-state index is -3.54. The van der Waals surface area contributed by atoms with Gasteiger partial charge >= 0.3 is 0 Å². The summed E-state index contributed by atoms with van der Waals surface area (Å²) in [5.74, 6) is 0.408. The summed E-state index contributed by atoms with van der Waals surface area (Å²) in [7, 11) is -2.01. The molecule has 8 nitrogen and oxygen atoms in total. The van der Waals surface area contributed by atoms with Crippen molar-refractivity contribution in [2.75, 3.05) is 24.2 Å². The van der Waals surface area contributed by atoms with Gasteiger partial charge < -0.3 is 9.47 Å². The molecule has 29 heavy (non-hydrogen) atoms. The van der Waals surface area contributed by atoms with E-state index in [1.54, 1.807) is 35.1 Å². The topological polar surface area (TPSA) is 95.3 Å². The van der Waals surface area contributed by atoms with Crippen molar-refractivity contribution in [3.63, 3.8) is 0 Å². The summed E-state index contributed by atoms with van der Waals surface area (Å²) >= 11 is 6.06. The number of fused-ring (bicyclic) bond motifs is 1. The number of ether oxygens (including phenoxy) is 2. The molecule has 0 radical (unpaired) electrons. The van der Waals surface area contributed by atoms with Gasteiger partial charge in [-0.3, -0.25) is 4.72 Å². The molecule has 1 aromatic carbocycles. The first kappa shape index (κ1) is 19.9. The highest BCUT2D eigenvalue weighted by molar-refractivity contribution is 7.92. The largest absolute Gasteiger partial charge is 0.494 e. The molecule has 0 bridgehead atoms. The van der Waals surface area contributed by atoms with Gasteiger partial charge in [0, 0.05) is 30.3 Å². The van der Waals surface area contributed by atoms with Gasteiger partial charge in [-0.1, -0.05) is 11.6 Å². The molecule has 3 aromatic rings. The Labute approximate surface area is 173 Å². The molecule has 0 saturated carbocycles. The lowest BCUT2D eigenvalue weighted by molar-refractivity contribution is 0.127. The molecule has 0 spiro atoms. The van der Waals surface area contributed by atoms with Crippen molar-refractivity contribution >= 4 is 38.2 Å². The average molecular weight is 437 g/mol. The van der Waals surface area contributed by atoms with Gasteiger partial charge in [-0.2, -0.15) is 5.10 Å². The van der Waals surface area contributed by atoms with E-state index in [-0.39, 0.29) is 11.9 Å². The van der Waals surface area contributed by atoms with Crippen LogP contribution in [-0.2, 0) is 14.8 Å². The van der Waals surface area contributed by atoms with Gasteiger partial charge in [0.05, 0.1) is 35.9 Å². The van der Waals surface area contributed by atoms with Crippen molar-refractivity contribution in [2.24, 2.45) is 0 Å². The van der Waals surface area contributed by atoms with Crippen LogP contribution in [0.15, 0.2) is 30.5 Å². The molecule has 1 saturated heterocycles. The zero-order valence-corrected chi connectivity index (χ0v) is 17.6. The first-order valence-corrected chi connectivity index (χ1v) is 11.2. The highest BCUT2D eigenvalue weighted by Crippen LogP contribution is 2.31. The molecule has 0 aliphatic carbocycles. The fraction of sp³-hybridized carbons (Fsp3) is 0.368. The molecular weight excluding hydrogens is 416 g/mol. The van der Waals surface area contributed by atoms with Gasteiger partial charge in [-0.15, -0.1) is 0 Å². The molecule has 1 aliphatic rings. The van der Waals surface area contributed by atoms with E-state index < -0.39 is 10.0 Å². The van der Waals surface area contributed by atoms with Crippen LogP contribution in [-0.4, -0.2) is 48.8 Å². The second-order valence-electron chi connectivity index (χ2n) is 6.93. The maximum absolute atomic E-state index is 12.5. The predicted octanol–water partition coefficient (Wildman–Crippen LogP) is 3.31. The smallest absolute Gasteiger partial charge is 0.235 e. The molecule has 2 aromatic heterocycles. The molecule has 10 heteroatoms. The Balaban J connectivity index is 1.66. The first-order valence-electron chi connectivity index (χ1n) is 9.18. The second kappa shape index (κ2) is 7.81. The zero-order chi connectivity index (χ0) is 20.6. The standard InChI is InChI=1S/C19H21ClN4O4S/c1-12-15-10-21-19(20)9-17(15)24(22-12)16-6-5-13(8-18(16)27-2)23-29(25,26)11-14-4-3-7-28-14/h5-6,8-10,14,23H,3-4,7,11H2,1-2H3. The molecule has 1 fully saturated rings.